The van der Waals surface area contributed by atoms with E-state index >= 15 is 0 Å². The van der Waals surface area contributed by atoms with Crippen LogP contribution in [-0.2, 0) is 9.05 Å². The molecule has 0 saturated carbocycles. The molecule has 0 aliphatic heterocycles. The Hall–Kier alpha value is -1.42. The van der Waals surface area contributed by atoms with Crippen LogP contribution in [0.3, 0.4) is 0 Å². The highest BCUT2D eigenvalue weighted by atomic mass is 35.7. The van der Waals surface area contributed by atoms with Gasteiger partial charge in [0.15, 0.2) is 4.90 Å². The van der Waals surface area contributed by atoms with E-state index in [2.05, 4.69) is 4.98 Å². The Bertz CT molecular complexity index is 577. The van der Waals surface area contributed by atoms with Gasteiger partial charge >= 0.3 is 5.69 Å². The highest BCUT2D eigenvalue weighted by Gasteiger charge is 2.33. The second-order valence-electron chi connectivity index (χ2n) is 2.67. The Kier molecular flexibility index (Phi) is 3.57. The van der Waals surface area contributed by atoms with Crippen LogP contribution in [0.1, 0.15) is 12.1 Å². The van der Waals surface area contributed by atoms with Crippen LogP contribution in [0.15, 0.2) is 11.1 Å². The second kappa shape index (κ2) is 4.45. The van der Waals surface area contributed by atoms with E-state index in [4.69, 9.17) is 10.7 Å². The molecule has 1 rings (SSSR count). The first-order valence-corrected chi connectivity index (χ1v) is 6.02. The number of aromatic nitrogens is 1. The first kappa shape index (κ1) is 13.6. The molecule has 1 aromatic rings. The van der Waals surface area contributed by atoms with Crippen molar-refractivity contribution in [2.45, 2.75) is 11.3 Å². The lowest BCUT2D eigenvalue weighted by Gasteiger charge is -2.04. The van der Waals surface area contributed by atoms with Crippen molar-refractivity contribution >= 4 is 25.4 Å². The van der Waals surface area contributed by atoms with Crippen LogP contribution in [0.25, 0.3) is 0 Å². The van der Waals surface area contributed by atoms with Gasteiger partial charge in [-0.25, -0.2) is 17.2 Å². The fraction of sp³-hybridized carbons (Fsp3) is 0.167. The molecule has 0 atom stereocenters. The van der Waals surface area contributed by atoms with Gasteiger partial charge in [-0.1, -0.05) is 0 Å². The molecular formula is C6H2ClF3N2O4S. The van der Waals surface area contributed by atoms with E-state index < -0.39 is 42.5 Å². The van der Waals surface area contributed by atoms with Gasteiger partial charge < -0.3 is 0 Å². The van der Waals surface area contributed by atoms with Crippen molar-refractivity contribution < 1.29 is 26.5 Å². The predicted octanol–water partition coefficient (Wildman–Crippen LogP) is 1.99. The summed E-state index contributed by atoms with van der Waals surface area (Å²) in [6.07, 6.45) is -3.20. The predicted molar refractivity (Wildman–Crippen MR) is 48.8 cm³/mol. The molecule has 94 valence electrons. The quantitative estimate of drug-likeness (QED) is 0.482. The molecule has 1 heterocycles. The van der Waals surface area contributed by atoms with Gasteiger partial charge in [-0.3, -0.25) is 15.1 Å². The van der Waals surface area contributed by atoms with E-state index in [1.165, 1.54) is 0 Å². The summed E-state index contributed by atoms with van der Waals surface area (Å²) in [6.45, 7) is 0. The van der Waals surface area contributed by atoms with E-state index in [0.29, 0.717) is 0 Å². The number of rotatable bonds is 3. The van der Waals surface area contributed by atoms with Crippen molar-refractivity contribution in [3.63, 3.8) is 0 Å². The molecule has 11 heteroatoms. The first-order valence-electron chi connectivity index (χ1n) is 3.72. The Balaban J connectivity index is 3.69. The maximum absolute atomic E-state index is 13.3. The van der Waals surface area contributed by atoms with Crippen LogP contribution in [-0.4, -0.2) is 18.3 Å². The molecule has 1 aromatic heterocycles. The average Bonchev–Trinajstić information content (AvgIpc) is 2.14. The highest BCUT2D eigenvalue weighted by molar-refractivity contribution is 8.13. The Labute approximate surface area is 96.6 Å². The van der Waals surface area contributed by atoms with Crippen LogP contribution in [0, 0.1) is 15.9 Å². The van der Waals surface area contributed by atoms with Crippen molar-refractivity contribution in [1.29, 1.82) is 0 Å². The number of hydrogen-bond acceptors (Lipinski definition) is 5. The molecule has 0 N–H and O–H groups in total. The first-order chi connectivity index (χ1) is 7.66. The molecular weight excluding hydrogens is 289 g/mol. The average molecular weight is 291 g/mol. The maximum Gasteiger partial charge on any atom is 0.328 e. The summed E-state index contributed by atoms with van der Waals surface area (Å²) in [7, 11) is 0.125. The minimum Gasteiger partial charge on any atom is -0.258 e. The zero-order chi connectivity index (χ0) is 13.4. The standard InChI is InChI=1S/C6H2ClF3N2O4S/c7-17(15,16)2-1-11-4(6(9)10)3(8)5(2)12(13)14/h1,6H. The molecule has 0 radical (unpaired) electrons. The lowest BCUT2D eigenvalue weighted by atomic mass is 10.3. The summed E-state index contributed by atoms with van der Waals surface area (Å²) in [4.78, 5) is 10.5. The van der Waals surface area contributed by atoms with Crippen molar-refractivity contribution in [1.82, 2.24) is 4.98 Å². The SMILES string of the molecule is O=[N+]([O-])c1c(S(=O)(=O)Cl)cnc(C(F)F)c1F. The third-order valence-corrected chi connectivity index (χ3v) is 2.96. The smallest absolute Gasteiger partial charge is 0.258 e. The highest BCUT2D eigenvalue weighted by Crippen LogP contribution is 2.33. The second-order valence-corrected chi connectivity index (χ2v) is 5.20. The zero-order valence-corrected chi connectivity index (χ0v) is 9.17. The third-order valence-electron chi connectivity index (χ3n) is 1.64. The molecule has 0 saturated heterocycles. The van der Waals surface area contributed by atoms with Gasteiger partial charge in [0.25, 0.3) is 15.5 Å². The number of pyridine rings is 1. The zero-order valence-electron chi connectivity index (χ0n) is 7.60. The van der Waals surface area contributed by atoms with Gasteiger partial charge in [0.1, 0.15) is 5.69 Å². The Morgan fingerprint density at radius 3 is 2.35 bits per heavy atom. The van der Waals surface area contributed by atoms with E-state index in [1.54, 1.807) is 0 Å². The largest absolute Gasteiger partial charge is 0.328 e. The van der Waals surface area contributed by atoms with Crippen LogP contribution >= 0.6 is 10.7 Å². The van der Waals surface area contributed by atoms with Crippen molar-refractivity contribution in [2.24, 2.45) is 0 Å². The number of nitro groups is 1. The minimum atomic E-state index is -4.66. The topological polar surface area (TPSA) is 90.2 Å². The molecule has 6 nitrogen and oxygen atoms in total. The molecule has 17 heavy (non-hydrogen) atoms. The molecule has 0 aliphatic carbocycles. The third kappa shape index (κ3) is 2.64. The van der Waals surface area contributed by atoms with Crippen molar-refractivity contribution in [3.05, 3.63) is 27.8 Å². The Morgan fingerprint density at radius 1 is 1.47 bits per heavy atom. The summed E-state index contributed by atoms with van der Waals surface area (Å²) in [5.41, 5.74) is -3.16. The molecule has 0 amide bonds. The van der Waals surface area contributed by atoms with Gasteiger partial charge in [0, 0.05) is 10.7 Å². The van der Waals surface area contributed by atoms with Gasteiger partial charge in [0.05, 0.1) is 11.1 Å². The monoisotopic (exact) mass is 290 g/mol. The summed E-state index contributed by atoms with van der Waals surface area (Å²) in [5.74, 6) is -2.02. The molecule has 0 fully saturated rings. The summed E-state index contributed by atoms with van der Waals surface area (Å²) in [5, 5.41) is 10.4. The van der Waals surface area contributed by atoms with E-state index in [0.717, 1.165) is 0 Å². The lowest BCUT2D eigenvalue weighted by Crippen LogP contribution is -2.07. The molecule has 0 unspecified atom stereocenters. The van der Waals surface area contributed by atoms with Gasteiger partial charge in [-0.05, 0) is 0 Å². The summed E-state index contributed by atoms with van der Waals surface area (Å²) >= 11 is 0. The summed E-state index contributed by atoms with van der Waals surface area (Å²) < 4.78 is 59.4. The molecule has 0 aromatic carbocycles. The van der Waals surface area contributed by atoms with Crippen molar-refractivity contribution in [2.75, 3.05) is 0 Å². The number of halogens is 4. The van der Waals surface area contributed by atoms with Gasteiger partial charge in [0.2, 0.25) is 5.82 Å². The van der Waals surface area contributed by atoms with Crippen molar-refractivity contribution in [3.8, 4) is 0 Å². The summed E-state index contributed by atoms with van der Waals surface area (Å²) in [6, 6.07) is 0. The number of hydrogen-bond donors (Lipinski definition) is 0. The number of nitrogens with zero attached hydrogens (tertiary/aromatic N) is 2. The Morgan fingerprint density at radius 2 is 2.00 bits per heavy atom. The number of alkyl halides is 2. The van der Waals surface area contributed by atoms with Gasteiger partial charge in [-0.15, -0.1) is 0 Å². The molecule has 0 aliphatic rings. The van der Waals surface area contributed by atoms with Gasteiger partial charge in [-0.2, -0.15) is 4.39 Å². The van der Waals surface area contributed by atoms with E-state index in [-0.39, 0.29) is 6.20 Å². The van der Waals surface area contributed by atoms with E-state index in [9.17, 15) is 31.7 Å². The minimum absolute atomic E-state index is 0.213. The van der Waals surface area contributed by atoms with Crippen LogP contribution in [0.4, 0.5) is 18.9 Å². The maximum atomic E-state index is 13.3. The lowest BCUT2D eigenvalue weighted by molar-refractivity contribution is -0.390. The fourth-order valence-corrected chi connectivity index (χ4v) is 1.89. The van der Waals surface area contributed by atoms with Crippen LogP contribution in [0.5, 0.6) is 0 Å². The molecule has 0 spiro atoms. The van der Waals surface area contributed by atoms with Crippen LogP contribution in [0.2, 0.25) is 0 Å². The molecule has 0 bridgehead atoms. The fourth-order valence-electron chi connectivity index (χ4n) is 0.976. The normalized spacial score (nSPS) is 11.8. The van der Waals surface area contributed by atoms with Crippen LogP contribution < -0.4 is 0 Å². The van der Waals surface area contributed by atoms with E-state index in [1.807, 2.05) is 0 Å².